The van der Waals surface area contributed by atoms with Gasteiger partial charge in [0.15, 0.2) is 0 Å². The molecule has 2 nitrogen and oxygen atoms in total. The Balaban J connectivity index is 2.65. The minimum Gasteiger partial charge on any atom is -0.323 e. The summed E-state index contributed by atoms with van der Waals surface area (Å²) in [5.41, 5.74) is 9.05. The first-order valence-electron chi connectivity index (χ1n) is 8.02. The van der Waals surface area contributed by atoms with E-state index in [1.54, 1.807) is 0 Å². The molecule has 1 rings (SSSR count). The SMILES string of the molecule is CCCc1ccc(C(N)CN(CC(C)C)C(C)C)cc1. The molecule has 0 aliphatic rings. The summed E-state index contributed by atoms with van der Waals surface area (Å²) < 4.78 is 0. The maximum atomic E-state index is 6.39. The number of hydrogen-bond acceptors (Lipinski definition) is 2. The molecule has 0 bridgehead atoms. The van der Waals surface area contributed by atoms with Gasteiger partial charge in [-0.1, -0.05) is 51.5 Å². The molecule has 1 aromatic rings. The van der Waals surface area contributed by atoms with E-state index in [0.29, 0.717) is 12.0 Å². The lowest BCUT2D eigenvalue weighted by molar-refractivity contribution is 0.186. The molecule has 0 aliphatic heterocycles. The van der Waals surface area contributed by atoms with Crippen LogP contribution in [0.25, 0.3) is 0 Å². The number of rotatable bonds is 8. The van der Waals surface area contributed by atoms with E-state index in [-0.39, 0.29) is 6.04 Å². The van der Waals surface area contributed by atoms with Gasteiger partial charge in [0.2, 0.25) is 0 Å². The number of hydrogen-bond donors (Lipinski definition) is 1. The molecule has 0 spiro atoms. The Hall–Kier alpha value is -0.860. The van der Waals surface area contributed by atoms with E-state index < -0.39 is 0 Å². The molecule has 0 aromatic heterocycles. The summed E-state index contributed by atoms with van der Waals surface area (Å²) in [7, 11) is 0. The number of nitrogens with zero attached hydrogens (tertiary/aromatic N) is 1. The Kier molecular flexibility index (Phi) is 7.25. The average Bonchev–Trinajstić information content (AvgIpc) is 2.38. The highest BCUT2D eigenvalue weighted by molar-refractivity contribution is 5.25. The minimum absolute atomic E-state index is 0.104. The van der Waals surface area contributed by atoms with Crippen molar-refractivity contribution in [2.45, 2.75) is 59.5 Å². The topological polar surface area (TPSA) is 29.3 Å². The predicted molar refractivity (Wildman–Crippen MR) is 88.9 cm³/mol. The molecule has 0 saturated carbocycles. The Bertz CT molecular complexity index is 368. The number of benzene rings is 1. The fourth-order valence-corrected chi connectivity index (χ4v) is 2.54. The third kappa shape index (κ3) is 5.64. The molecule has 20 heavy (non-hydrogen) atoms. The summed E-state index contributed by atoms with van der Waals surface area (Å²) in [6.45, 7) is 13.3. The second-order valence-electron chi connectivity index (χ2n) is 6.54. The zero-order valence-electron chi connectivity index (χ0n) is 13.9. The maximum absolute atomic E-state index is 6.39. The van der Waals surface area contributed by atoms with Crippen molar-refractivity contribution in [1.82, 2.24) is 4.90 Å². The molecule has 0 saturated heterocycles. The molecule has 0 amide bonds. The van der Waals surface area contributed by atoms with E-state index in [1.165, 1.54) is 17.5 Å². The lowest BCUT2D eigenvalue weighted by atomic mass is 10.0. The Morgan fingerprint density at radius 1 is 1.00 bits per heavy atom. The van der Waals surface area contributed by atoms with Gasteiger partial charge in [-0.25, -0.2) is 0 Å². The molecule has 0 heterocycles. The van der Waals surface area contributed by atoms with Crippen molar-refractivity contribution in [2.75, 3.05) is 13.1 Å². The molecule has 0 radical (unpaired) electrons. The van der Waals surface area contributed by atoms with E-state index in [9.17, 15) is 0 Å². The van der Waals surface area contributed by atoms with Crippen LogP contribution in [0.1, 0.15) is 58.2 Å². The normalized spacial score (nSPS) is 13.4. The highest BCUT2D eigenvalue weighted by Crippen LogP contribution is 2.16. The molecule has 0 aliphatic carbocycles. The van der Waals surface area contributed by atoms with Gasteiger partial charge in [0, 0.05) is 25.2 Å². The first-order chi connectivity index (χ1) is 9.43. The zero-order valence-corrected chi connectivity index (χ0v) is 13.9. The number of nitrogens with two attached hydrogens (primary N) is 1. The van der Waals surface area contributed by atoms with Crippen molar-refractivity contribution in [3.05, 3.63) is 35.4 Å². The van der Waals surface area contributed by atoms with Crippen LogP contribution in [0.2, 0.25) is 0 Å². The van der Waals surface area contributed by atoms with Crippen molar-refractivity contribution < 1.29 is 0 Å². The van der Waals surface area contributed by atoms with E-state index >= 15 is 0 Å². The van der Waals surface area contributed by atoms with Gasteiger partial charge in [0.25, 0.3) is 0 Å². The monoisotopic (exact) mass is 276 g/mol. The summed E-state index contributed by atoms with van der Waals surface area (Å²) in [5, 5.41) is 0. The highest BCUT2D eigenvalue weighted by atomic mass is 15.2. The molecular formula is C18H32N2. The van der Waals surface area contributed by atoms with Crippen LogP contribution in [-0.4, -0.2) is 24.0 Å². The van der Waals surface area contributed by atoms with Crippen LogP contribution >= 0.6 is 0 Å². The Morgan fingerprint density at radius 2 is 1.60 bits per heavy atom. The quantitative estimate of drug-likeness (QED) is 0.777. The maximum Gasteiger partial charge on any atom is 0.0424 e. The lowest BCUT2D eigenvalue weighted by Gasteiger charge is -2.31. The Labute approximate surface area is 125 Å². The first-order valence-corrected chi connectivity index (χ1v) is 8.02. The van der Waals surface area contributed by atoms with Gasteiger partial charge >= 0.3 is 0 Å². The van der Waals surface area contributed by atoms with Crippen molar-refractivity contribution in [2.24, 2.45) is 11.7 Å². The molecule has 2 N–H and O–H groups in total. The van der Waals surface area contributed by atoms with Crippen LogP contribution in [0.3, 0.4) is 0 Å². The largest absolute Gasteiger partial charge is 0.323 e. The third-order valence-electron chi connectivity index (χ3n) is 3.71. The minimum atomic E-state index is 0.104. The summed E-state index contributed by atoms with van der Waals surface area (Å²) in [4.78, 5) is 2.48. The molecule has 1 atom stereocenters. The summed E-state index contributed by atoms with van der Waals surface area (Å²) in [6.07, 6.45) is 2.35. The Morgan fingerprint density at radius 3 is 2.05 bits per heavy atom. The van der Waals surface area contributed by atoms with Crippen LogP contribution in [0.15, 0.2) is 24.3 Å². The molecule has 0 fully saturated rings. The third-order valence-corrected chi connectivity index (χ3v) is 3.71. The molecule has 2 heteroatoms. The van der Waals surface area contributed by atoms with Gasteiger partial charge in [0.1, 0.15) is 0 Å². The van der Waals surface area contributed by atoms with Crippen LogP contribution in [0, 0.1) is 5.92 Å². The van der Waals surface area contributed by atoms with E-state index in [0.717, 1.165) is 19.5 Å². The highest BCUT2D eigenvalue weighted by Gasteiger charge is 2.16. The fraction of sp³-hybridized carbons (Fsp3) is 0.667. The van der Waals surface area contributed by atoms with E-state index in [4.69, 9.17) is 5.73 Å². The summed E-state index contributed by atoms with van der Waals surface area (Å²) >= 11 is 0. The smallest absolute Gasteiger partial charge is 0.0424 e. The van der Waals surface area contributed by atoms with Crippen molar-refractivity contribution in [1.29, 1.82) is 0 Å². The van der Waals surface area contributed by atoms with Gasteiger partial charge in [-0.2, -0.15) is 0 Å². The van der Waals surface area contributed by atoms with Crippen molar-refractivity contribution >= 4 is 0 Å². The van der Waals surface area contributed by atoms with Crippen molar-refractivity contribution in [3.63, 3.8) is 0 Å². The number of aryl methyl sites for hydroxylation is 1. The van der Waals surface area contributed by atoms with Crippen LogP contribution in [0.4, 0.5) is 0 Å². The second-order valence-corrected chi connectivity index (χ2v) is 6.54. The molecule has 1 aromatic carbocycles. The zero-order chi connectivity index (χ0) is 15.1. The van der Waals surface area contributed by atoms with Gasteiger partial charge in [-0.15, -0.1) is 0 Å². The van der Waals surface area contributed by atoms with E-state index in [1.807, 2.05) is 0 Å². The fourth-order valence-electron chi connectivity index (χ4n) is 2.54. The van der Waals surface area contributed by atoms with Gasteiger partial charge in [-0.3, -0.25) is 4.90 Å². The average molecular weight is 276 g/mol. The molecule has 1 unspecified atom stereocenters. The predicted octanol–water partition coefficient (Wildman–Crippen LogP) is 4.01. The van der Waals surface area contributed by atoms with Crippen LogP contribution < -0.4 is 5.73 Å². The molecular weight excluding hydrogens is 244 g/mol. The van der Waals surface area contributed by atoms with Gasteiger partial charge in [0.05, 0.1) is 0 Å². The first kappa shape index (κ1) is 17.2. The summed E-state index contributed by atoms with van der Waals surface area (Å²) in [5.74, 6) is 0.677. The van der Waals surface area contributed by atoms with Crippen molar-refractivity contribution in [3.8, 4) is 0 Å². The summed E-state index contributed by atoms with van der Waals surface area (Å²) in [6, 6.07) is 9.49. The molecule has 114 valence electrons. The standard InChI is InChI=1S/C18H32N2/c1-6-7-16-8-10-17(11-9-16)18(19)13-20(15(4)5)12-14(2)3/h8-11,14-15,18H,6-7,12-13,19H2,1-5H3. The van der Waals surface area contributed by atoms with Gasteiger partial charge < -0.3 is 5.73 Å². The lowest BCUT2D eigenvalue weighted by Crippen LogP contribution is -2.39. The van der Waals surface area contributed by atoms with Crippen LogP contribution in [0.5, 0.6) is 0 Å². The van der Waals surface area contributed by atoms with Gasteiger partial charge in [-0.05, 0) is 37.3 Å². The van der Waals surface area contributed by atoms with Crippen LogP contribution in [-0.2, 0) is 6.42 Å². The second kappa shape index (κ2) is 8.43. The van der Waals surface area contributed by atoms with E-state index in [2.05, 4.69) is 63.8 Å².